The molecule has 0 saturated heterocycles. The lowest BCUT2D eigenvalue weighted by Gasteiger charge is -2.24. The van der Waals surface area contributed by atoms with Gasteiger partial charge in [0.15, 0.2) is 0 Å². The van der Waals surface area contributed by atoms with E-state index in [1.165, 1.54) is 24.3 Å². The summed E-state index contributed by atoms with van der Waals surface area (Å²) >= 11 is 0. The van der Waals surface area contributed by atoms with E-state index >= 15 is 0 Å². The number of nitrogens with zero attached hydrogens (tertiary/aromatic N) is 2. The minimum Gasteiger partial charge on any atom is -0.457 e. The van der Waals surface area contributed by atoms with Crippen molar-refractivity contribution in [1.82, 2.24) is 0 Å². The molecule has 0 aliphatic rings. The first-order valence-electron chi connectivity index (χ1n) is 12.1. The largest absolute Gasteiger partial charge is 0.457 e. The molecule has 0 heterocycles. The van der Waals surface area contributed by atoms with Gasteiger partial charge in [0.1, 0.15) is 23.0 Å². The molecule has 0 saturated carbocycles. The van der Waals surface area contributed by atoms with Gasteiger partial charge in [0, 0.05) is 41.3 Å². The third kappa shape index (κ3) is 5.75. The monoisotopic (exact) mass is 518 g/mol. The molecule has 192 valence electrons. The van der Waals surface area contributed by atoms with E-state index in [1.54, 1.807) is 24.3 Å². The Kier molecular flexibility index (Phi) is 7.27. The Labute approximate surface area is 224 Å². The minimum atomic E-state index is -0.453. The van der Waals surface area contributed by atoms with Crippen molar-refractivity contribution in [3.63, 3.8) is 0 Å². The topological polar surface area (TPSA) is 105 Å². The predicted molar refractivity (Wildman–Crippen MR) is 147 cm³/mol. The molecule has 0 fully saturated rings. The number of ether oxygens (including phenoxy) is 2. The van der Waals surface area contributed by atoms with Gasteiger partial charge in [-0.3, -0.25) is 20.2 Å². The molecule has 0 aliphatic carbocycles. The Morgan fingerprint density at radius 1 is 0.487 bits per heavy atom. The summed E-state index contributed by atoms with van der Waals surface area (Å²) in [6.45, 7) is 0. The van der Waals surface area contributed by atoms with Gasteiger partial charge in [0.05, 0.1) is 9.85 Å². The van der Waals surface area contributed by atoms with Crippen LogP contribution in [0.3, 0.4) is 0 Å². The lowest BCUT2D eigenvalue weighted by molar-refractivity contribution is -0.385. The van der Waals surface area contributed by atoms with Crippen LogP contribution in [0.15, 0.2) is 127 Å². The molecule has 0 radical (unpaired) electrons. The lowest BCUT2D eigenvalue weighted by Crippen LogP contribution is -2.07. The van der Waals surface area contributed by atoms with Crippen molar-refractivity contribution >= 4 is 11.4 Å². The molecule has 0 atom stereocenters. The zero-order chi connectivity index (χ0) is 27.2. The number of hydrogen-bond donors (Lipinski definition) is 0. The van der Waals surface area contributed by atoms with Crippen LogP contribution >= 0.6 is 0 Å². The van der Waals surface area contributed by atoms with E-state index in [1.807, 2.05) is 78.9 Å². The molecule has 0 N–H and O–H groups in total. The van der Waals surface area contributed by atoms with Crippen LogP contribution in [0, 0.1) is 20.2 Å². The van der Waals surface area contributed by atoms with Crippen molar-refractivity contribution in [2.45, 2.75) is 5.92 Å². The quantitative estimate of drug-likeness (QED) is 0.110. The highest BCUT2D eigenvalue weighted by molar-refractivity contribution is 5.55. The fraction of sp³-hybridized carbons (Fsp3) is 0.0323. The number of nitro groups is 2. The van der Waals surface area contributed by atoms with Crippen molar-refractivity contribution in [3.8, 4) is 23.0 Å². The van der Waals surface area contributed by atoms with Crippen LogP contribution in [0.4, 0.5) is 11.4 Å². The number of hydrogen-bond acceptors (Lipinski definition) is 6. The predicted octanol–water partition coefficient (Wildman–Crippen LogP) is 8.27. The van der Waals surface area contributed by atoms with E-state index in [9.17, 15) is 20.2 Å². The molecule has 8 heteroatoms. The highest BCUT2D eigenvalue weighted by Gasteiger charge is 2.24. The van der Waals surface area contributed by atoms with E-state index in [2.05, 4.69) is 0 Å². The van der Waals surface area contributed by atoms with Gasteiger partial charge in [0.2, 0.25) is 0 Å². The van der Waals surface area contributed by atoms with Crippen LogP contribution in [0.2, 0.25) is 0 Å². The van der Waals surface area contributed by atoms with Crippen LogP contribution in [0.1, 0.15) is 22.6 Å². The van der Waals surface area contributed by atoms with Crippen molar-refractivity contribution in [2.24, 2.45) is 0 Å². The Balaban J connectivity index is 1.57. The van der Waals surface area contributed by atoms with Gasteiger partial charge >= 0.3 is 0 Å². The number of benzene rings is 5. The number of para-hydroxylation sites is 2. The summed E-state index contributed by atoms with van der Waals surface area (Å²) in [5.41, 5.74) is 2.69. The van der Waals surface area contributed by atoms with E-state index in [0.717, 1.165) is 16.7 Å². The number of non-ortho nitro benzene ring substituents is 2. The molecular weight excluding hydrogens is 496 g/mol. The molecule has 0 spiro atoms. The Morgan fingerprint density at radius 3 is 1.28 bits per heavy atom. The van der Waals surface area contributed by atoms with Gasteiger partial charge < -0.3 is 9.47 Å². The van der Waals surface area contributed by atoms with Gasteiger partial charge in [-0.05, 0) is 42.0 Å². The highest BCUT2D eigenvalue weighted by Crippen LogP contribution is 2.43. The van der Waals surface area contributed by atoms with Gasteiger partial charge in [-0.15, -0.1) is 0 Å². The SMILES string of the molecule is O=[N+]([O-])c1ccc(Oc2ccccc2C(c2ccccc2)c2ccccc2Oc2ccc([N+](=O)[O-])cc2)cc1. The normalized spacial score (nSPS) is 10.7. The Bertz CT molecular complexity index is 1500. The maximum Gasteiger partial charge on any atom is 0.269 e. The first-order valence-corrected chi connectivity index (χ1v) is 12.1. The Hall–Kier alpha value is -5.50. The van der Waals surface area contributed by atoms with E-state index < -0.39 is 9.85 Å². The molecular formula is C31H22N2O6. The van der Waals surface area contributed by atoms with Crippen LogP contribution in [0.25, 0.3) is 0 Å². The van der Waals surface area contributed by atoms with E-state index in [-0.39, 0.29) is 17.3 Å². The molecule has 5 aromatic rings. The van der Waals surface area contributed by atoms with Crippen LogP contribution < -0.4 is 9.47 Å². The summed E-state index contributed by atoms with van der Waals surface area (Å²) < 4.78 is 12.5. The summed E-state index contributed by atoms with van der Waals surface area (Å²) in [5.74, 6) is 1.82. The summed E-state index contributed by atoms with van der Waals surface area (Å²) in [6.07, 6.45) is 0. The number of nitro benzene ring substituents is 2. The third-order valence-corrected chi connectivity index (χ3v) is 6.14. The molecule has 0 unspecified atom stereocenters. The van der Waals surface area contributed by atoms with Gasteiger partial charge in [-0.25, -0.2) is 0 Å². The van der Waals surface area contributed by atoms with E-state index in [4.69, 9.17) is 9.47 Å². The van der Waals surface area contributed by atoms with E-state index in [0.29, 0.717) is 23.0 Å². The second-order valence-corrected chi connectivity index (χ2v) is 8.63. The second-order valence-electron chi connectivity index (χ2n) is 8.63. The smallest absolute Gasteiger partial charge is 0.269 e. The minimum absolute atomic E-state index is 0.0184. The average molecular weight is 519 g/mol. The number of rotatable bonds is 9. The Morgan fingerprint density at radius 2 is 0.872 bits per heavy atom. The standard InChI is InChI=1S/C31H22N2O6/c34-32(35)23-14-18-25(19-15-23)38-29-12-6-4-10-27(29)31(22-8-2-1-3-9-22)28-11-5-7-13-30(28)39-26-20-16-24(17-21-26)33(36)37/h1-21,31H. The van der Waals surface area contributed by atoms with Crippen LogP contribution in [-0.2, 0) is 0 Å². The molecule has 0 aliphatic heterocycles. The van der Waals surface area contributed by atoms with Crippen molar-refractivity contribution < 1.29 is 19.3 Å². The maximum atomic E-state index is 11.1. The fourth-order valence-corrected chi connectivity index (χ4v) is 4.32. The zero-order valence-corrected chi connectivity index (χ0v) is 20.5. The summed E-state index contributed by atoms with van der Waals surface area (Å²) in [7, 11) is 0. The second kappa shape index (κ2) is 11.3. The lowest BCUT2D eigenvalue weighted by atomic mass is 9.84. The third-order valence-electron chi connectivity index (χ3n) is 6.14. The van der Waals surface area contributed by atoms with Crippen LogP contribution in [-0.4, -0.2) is 9.85 Å². The zero-order valence-electron chi connectivity index (χ0n) is 20.5. The molecule has 5 rings (SSSR count). The molecule has 0 amide bonds. The average Bonchev–Trinajstić information content (AvgIpc) is 2.96. The van der Waals surface area contributed by atoms with Crippen molar-refractivity contribution in [2.75, 3.05) is 0 Å². The van der Waals surface area contributed by atoms with Gasteiger partial charge in [-0.1, -0.05) is 66.7 Å². The molecule has 5 aromatic carbocycles. The molecule has 0 bridgehead atoms. The first-order chi connectivity index (χ1) is 19.0. The van der Waals surface area contributed by atoms with Crippen molar-refractivity contribution in [1.29, 1.82) is 0 Å². The first kappa shape index (κ1) is 25.2. The summed E-state index contributed by atoms with van der Waals surface area (Å²) in [5, 5.41) is 22.1. The van der Waals surface area contributed by atoms with Crippen molar-refractivity contribution in [3.05, 3.63) is 164 Å². The van der Waals surface area contributed by atoms with Gasteiger partial charge in [0.25, 0.3) is 11.4 Å². The summed E-state index contributed by atoms with van der Waals surface area (Å²) in [6, 6.07) is 37.0. The maximum absolute atomic E-state index is 11.1. The highest BCUT2D eigenvalue weighted by atomic mass is 16.6. The molecule has 39 heavy (non-hydrogen) atoms. The molecule has 8 nitrogen and oxygen atoms in total. The fourth-order valence-electron chi connectivity index (χ4n) is 4.32. The van der Waals surface area contributed by atoms with Crippen LogP contribution in [0.5, 0.6) is 23.0 Å². The molecule has 0 aromatic heterocycles. The van der Waals surface area contributed by atoms with Gasteiger partial charge in [-0.2, -0.15) is 0 Å². The summed E-state index contributed by atoms with van der Waals surface area (Å²) in [4.78, 5) is 21.2.